The van der Waals surface area contributed by atoms with E-state index in [-0.39, 0.29) is 17.9 Å². The smallest absolute Gasteiger partial charge is 0.340 e. The number of fused-ring (bicyclic) bond motifs is 1. The van der Waals surface area contributed by atoms with Crippen LogP contribution in [0.4, 0.5) is 0 Å². The average Bonchev–Trinajstić information content (AvgIpc) is 3.32. The van der Waals surface area contributed by atoms with Crippen LogP contribution in [-0.2, 0) is 19.1 Å². The van der Waals surface area contributed by atoms with Crippen LogP contribution in [0.1, 0.15) is 90.4 Å². The molecule has 4 atom stereocenters. The number of cyclic esters (lactones) is 2. The van der Waals surface area contributed by atoms with Gasteiger partial charge in [-0.15, -0.1) is 0 Å². The third-order valence-electron chi connectivity index (χ3n) is 9.44. The van der Waals surface area contributed by atoms with Gasteiger partial charge in [-0.05, 0) is 74.9 Å². The molecule has 176 valence electrons. The number of rotatable bonds is 5. The van der Waals surface area contributed by atoms with E-state index in [0.29, 0.717) is 11.8 Å². The van der Waals surface area contributed by atoms with E-state index in [9.17, 15) is 9.59 Å². The first kappa shape index (κ1) is 21.4. The van der Waals surface area contributed by atoms with Gasteiger partial charge >= 0.3 is 11.9 Å². The molecule has 3 fully saturated rings. The minimum absolute atomic E-state index is 0.0207. The fourth-order valence-corrected chi connectivity index (χ4v) is 7.94. The molecular formula is C29H36O4. The van der Waals surface area contributed by atoms with Crippen molar-refractivity contribution in [3.05, 3.63) is 46.5 Å². The van der Waals surface area contributed by atoms with E-state index in [1.165, 1.54) is 38.5 Å². The molecule has 2 saturated carbocycles. The van der Waals surface area contributed by atoms with E-state index in [4.69, 9.17) is 9.47 Å². The Kier molecular flexibility index (Phi) is 5.38. The van der Waals surface area contributed by atoms with Gasteiger partial charge in [0.25, 0.3) is 0 Å². The van der Waals surface area contributed by atoms with Crippen molar-refractivity contribution in [3.63, 3.8) is 0 Å². The maximum absolute atomic E-state index is 13.2. The summed E-state index contributed by atoms with van der Waals surface area (Å²) in [6, 6.07) is 0. The van der Waals surface area contributed by atoms with E-state index in [1.807, 2.05) is 0 Å². The van der Waals surface area contributed by atoms with Crippen molar-refractivity contribution in [2.45, 2.75) is 90.4 Å². The topological polar surface area (TPSA) is 52.6 Å². The molecule has 2 bridgehead atoms. The molecule has 2 aliphatic heterocycles. The molecule has 4 heteroatoms. The normalized spacial score (nSPS) is 37.7. The van der Waals surface area contributed by atoms with Crippen molar-refractivity contribution in [2.24, 2.45) is 29.1 Å². The van der Waals surface area contributed by atoms with Gasteiger partial charge in [-0.3, -0.25) is 0 Å². The third-order valence-corrected chi connectivity index (χ3v) is 9.44. The molecule has 4 nitrogen and oxygen atoms in total. The summed E-state index contributed by atoms with van der Waals surface area (Å²) < 4.78 is 11.8. The molecule has 0 aromatic rings. The summed E-state index contributed by atoms with van der Waals surface area (Å²) in [6.45, 7) is 2.14. The molecule has 4 unspecified atom stereocenters. The number of unbranched alkanes of at least 4 members (excludes halogenated alkanes) is 1. The van der Waals surface area contributed by atoms with Gasteiger partial charge in [-0.1, -0.05) is 51.5 Å². The Balaban J connectivity index is 1.38. The summed E-state index contributed by atoms with van der Waals surface area (Å²) >= 11 is 0. The molecule has 0 amide bonds. The minimum Gasteiger partial charge on any atom is -0.427 e. The second-order valence-corrected chi connectivity index (χ2v) is 11.1. The van der Waals surface area contributed by atoms with Gasteiger partial charge in [-0.2, -0.15) is 0 Å². The van der Waals surface area contributed by atoms with Crippen LogP contribution in [0.25, 0.3) is 0 Å². The van der Waals surface area contributed by atoms with Gasteiger partial charge in [0.1, 0.15) is 11.5 Å². The molecule has 7 aliphatic rings. The van der Waals surface area contributed by atoms with E-state index in [1.54, 1.807) is 0 Å². The lowest BCUT2D eigenvalue weighted by molar-refractivity contribution is -0.135. The van der Waals surface area contributed by atoms with Gasteiger partial charge in [0.15, 0.2) is 0 Å². The number of hydrogen-bond donors (Lipinski definition) is 0. The van der Waals surface area contributed by atoms with Crippen LogP contribution in [0, 0.1) is 29.1 Å². The molecule has 0 aromatic carbocycles. The fourth-order valence-electron chi connectivity index (χ4n) is 7.94. The first-order valence-electron chi connectivity index (χ1n) is 13.4. The monoisotopic (exact) mass is 448 g/mol. The second kappa shape index (κ2) is 8.29. The number of carbonyl (C=O) groups is 2. The zero-order chi connectivity index (χ0) is 22.6. The standard InChI is InChI=1S/C29H36O4/c1-2-3-11-23-21-14-13-20-19-15-16-29(26(20)25(21)28(31)32-23)22(17-19)27(30)33-24(29)12-7-10-18-8-5-4-6-9-18/h11-12,17-20,26H,2-10,13-16H2,1H3. The fraction of sp³-hybridized carbons (Fsp3) is 0.655. The van der Waals surface area contributed by atoms with Crippen LogP contribution in [0.5, 0.6) is 0 Å². The van der Waals surface area contributed by atoms with Gasteiger partial charge < -0.3 is 9.47 Å². The highest BCUT2D eigenvalue weighted by molar-refractivity contribution is 5.99. The molecule has 0 N–H and O–H groups in total. The molecular weight excluding hydrogens is 412 g/mol. The molecule has 5 aliphatic carbocycles. The lowest BCUT2D eigenvalue weighted by atomic mass is 9.47. The molecule has 2 heterocycles. The Morgan fingerprint density at radius 2 is 1.85 bits per heavy atom. The van der Waals surface area contributed by atoms with E-state index in [0.717, 1.165) is 79.1 Å². The predicted octanol–water partition coefficient (Wildman–Crippen LogP) is 6.69. The third kappa shape index (κ3) is 3.23. The predicted molar refractivity (Wildman–Crippen MR) is 126 cm³/mol. The Hall–Kier alpha value is -2.10. The largest absolute Gasteiger partial charge is 0.427 e. The summed E-state index contributed by atoms with van der Waals surface area (Å²) in [5, 5.41) is 0. The Bertz CT molecular complexity index is 989. The van der Waals surface area contributed by atoms with Gasteiger partial charge in [0, 0.05) is 22.6 Å². The van der Waals surface area contributed by atoms with Crippen LogP contribution in [0.2, 0.25) is 0 Å². The molecule has 7 rings (SSSR count). The summed E-state index contributed by atoms with van der Waals surface area (Å²) in [5.74, 6) is 2.86. The van der Waals surface area contributed by atoms with Crippen LogP contribution >= 0.6 is 0 Å². The Morgan fingerprint density at radius 1 is 1.00 bits per heavy atom. The van der Waals surface area contributed by atoms with Crippen molar-refractivity contribution >= 4 is 11.9 Å². The highest BCUT2D eigenvalue weighted by Gasteiger charge is 2.66. The zero-order valence-corrected chi connectivity index (χ0v) is 19.9. The highest BCUT2D eigenvalue weighted by atomic mass is 16.5. The number of ether oxygens (including phenoxy) is 2. The lowest BCUT2D eigenvalue weighted by Crippen LogP contribution is -2.50. The van der Waals surface area contributed by atoms with Gasteiger partial charge in [0.2, 0.25) is 0 Å². The quantitative estimate of drug-likeness (QED) is 0.440. The summed E-state index contributed by atoms with van der Waals surface area (Å²) in [6.07, 6.45) is 21.3. The van der Waals surface area contributed by atoms with Crippen LogP contribution in [-0.4, -0.2) is 11.9 Å². The Labute approximate surface area is 197 Å². The maximum atomic E-state index is 13.2. The SMILES string of the molecule is CCCC=C1OC(=O)C2=C1CCC1C3C=C4C(=O)OC(=CCCC5CCCCC5)C4(CC3)C21. The number of carbonyl (C=O) groups excluding carboxylic acids is 2. The van der Waals surface area contributed by atoms with Gasteiger partial charge in [-0.25, -0.2) is 9.59 Å². The number of esters is 2. The average molecular weight is 449 g/mol. The summed E-state index contributed by atoms with van der Waals surface area (Å²) in [5.41, 5.74) is 2.34. The molecule has 33 heavy (non-hydrogen) atoms. The second-order valence-electron chi connectivity index (χ2n) is 11.1. The van der Waals surface area contributed by atoms with Crippen molar-refractivity contribution in [3.8, 4) is 0 Å². The molecule has 1 saturated heterocycles. The zero-order valence-electron chi connectivity index (χ0n) is 19.9. The first-order chi connectivity index (χ1) is 16.1. The maximum Gasteiger partial charge on any atom is 0.340 e. The Morgan fingerprint density at radius 3 is 2.67 bits per heavy atom. The van der Waals surface area contributed by atoms with Crippen molar-refractivity contribution in [2.75, 3.05) is 0 Å². The van der Waals surface area contributed by atoms with E-state index < -0.39 is 5.41 Å². The van der Waals surface area contributed by atoms with E-state index in [2.05, 4.69) is 25.2 Å². The van der Waals surface area contributed by atoms with Crippen LogP contribution < -0.4 is 0 Å². The lowest BCUT2D eigenvalue weighted by Gasteiger charge is -2.54. The first-order valence-corrected chi connectivity index (χ1v) is 13.4. The van der Waals surface area contributed by atoms with E-state index >= 15 is 0 Å². The summed E-state index contributed by atoms with van der Waals surface area (Å²) in [7, 11) is 0. The van der Waals surface area contributed by atoms with Gasteiger partial charge in [0.05, 0.1) is 5.41 Å². The number of hydrogen-bond acceptors (Lipinski definition) is 4. The summed E-state index contributed by atoms with van der Waals surface area (Å²) in [4.78, 5) is 26.3. The number of allylic oxidation sites excluding steroid dienone is 5. The molecule has 0 aromatic heterocycles. The highest BCUT2D eigenvalue weighted by Crippen LogP contribution is 2.68. The van der Waals surface area contributed by atoms with Crippen molar-refractivity contribution in [1.29, 1.82) is 0 Å². The van der Waals surface area contributed by atoms with Crippen molar-refractivity contribution < 1.29 is 19.1 Å². The molecule has 1 spiro atoms. The minimum atomic E-state index is -0.455. The molecule has 0 radical (unpaired) electrons. The van der Waals surface area contributed by atoms with Crippen molar-refractivity contribution in [1.82, 2.24) is 0 Å². The van der Waals surface area contributed by atoms with Crippen LogP contribution in [0.3, 0.4) is 0 Å². The van der Waals surface area contributed by atoms with Crippen LogP contribution in [0.15, 0.2) is 46.5 Å².